The molecule has 1 aliphatic rings. The highest BCUT2D eigenvalue weighted by Gasteiger charge is 2.31. The van der Waals surface area contributed by atoms with Gasteiger partial charge in [0.15, 0.2) is 0 Å². The number of benzene rings is 2. The normalized spacial score (nSPS) is 15.6. The molecular formula is C24H32ClN3O4S. The molecule has 0 spiro atoms. The Hall–Kier alpha value is -2.29. The van der Waals surface area contributed by atoms with Crippen molar-refractivity contribution in [2.45, 2.75) is 45.3 Å². The van der Waals surface area contributed by atoms with E-state index in [2.05, 4.69) is 16.3 Å². The van der Waals surface area contributed by atoms with E-state index in [1.54, 1.807) is 19.1 Å². The van der Waals surface area contributed by atoms with E-state index in [1.807, 2.05) is 18.2 Å². The van der Waals surface area contributed by atoms with E-state index >= 15 is 0 Å². The Morgan fingerprint density at radius 1 is 1.15 bits per heavy atom. The first-order chi connectivity index (χ1) is 15.7. The number of ether oxygens (including phenoxy) is 1. The van der Waals surface area contributed by atoms with E-state index in [0.717, 1.165) is 35.8 Å². The molecule has 2 aromatic rings. The third-order valence-corrected chi connectivity index (χ3v) is 7.34. The molecule has 1 saturated heterocycles. The molecule has 2 aromatic carbocycles. The highest BCUT2D eigenvalue weighted by Crippen LogP contribution is 2.34. The number of rotatable bonds is 9. The van der Waals surface area contributed by atoms with E-state index in [1.165, 1.54) is 38.0 Å². The number of likely N-dealkylation sites (tertiary alicyclic amines) is 1. The summed E-state index contributed by atoms with van der Waals surface area (Å²) < 4.78 is 31.7. The van der Waals surface area contributed by atoms with Gasteiger partial charge >= 0.3 is 0 Å². The van der Waals surface area contributed by atoms with E-state index < -0.39 is 22.0 Å². The van der Waals surface area contributed by atoms with Crippen LogP contribution in [0.2, 0.25) is 5.02 Å². The smallest absolute Gasteiger partial charge is 0.243 e. The number of piperidine rings is 1. The molecule has 0 aromatic heterocycles. The van der Waals surface area contributed by atoms with Crippen LogP contribution in [-0.4, -0.2) is 51.7 Å². The molecule has 0 unspecified atom stereocenters. The fourth-order valence-corrected chi connectivity index (χ4v) is 5.53. The monoisotopic (exact) mass is 493 g/mol. The highest BCUT2D eigenvalue weighted by atomic mass is 35.5. The van der Waals surface area contributed by atoms with Crippen molar-refractivity contribution >= 4 is 33.2 Å². The minimum atomic E-state index is -3.79. The third kappa shape index (κ3) is 6.62. The molecule has 9 heteroatoms. The molecule has 7 nitrogen and oxygen atoms in total. The molecule has 33 heavy (non-hydrogen) atoms. The maximum atomic E-state index is 13.1. The summed E-state index contributed by atoms with van der Waals surface area (Å²) in [5.41, 5.74) is 2.42. The van der Waals surface area contributed by atoms with Gasteiger partial charge in [0.2, 0.25) is 15.9 Å². The van der Waals surface area contributed by atoms with Gasteiger partial charge in [-0.15, -0.1) is 0 Å². The zero-order valence-electron chi connectivity index (χ0n) is 19.4. The maximum Gasteiger partial charge on any atom is 0.243 e. The summed E-state index contributed by atoms with van der Waals surface area (Å²) in [5, 5.41) is 3.26. The Morgan fingerprint density at radius 2 is 1.82 bits per heavy atom. The fourth-order valence-electron chi connectivity index (χ4n) is 4.19. The summed E-state index contributed by atoms with van der Waals surface area (Å²) in [6.07, 6.45) is 4.76. The molecule has 1 fully saturated rings. The number of sulfonamides is 1. The van der Waals surface area contributed by atoms with Crippen LogP contribution in [0.5, 0.6) is 5.75 Å². The zero-order chi connectivity index (χ0) is 24.0. The number of methoxy groups -OCH3 is 1. The summed E-state index contributed by atoms with van der Waals surface area (Å²) in [4.78, 5) is 15.5. The lowest BCUT2D eigenvalue weighted by atomic mass is 10.0. The van der Waals surface area contributed by atoms with Gasteiger partial charge in [0.25, 0.3) is 0 Å². The van der Waals surface area contributed by atoms with Gasteiger partial charge in [0.05, 0.1) is 19.1 Å². The van der Waals surface area contributed by atoms with Crippen LogP contribution in [0, 0.1) is 0 Å². The Bertz CT molecular complexity index is 1070. The first kappa shape index (κ1) is 25.3. The summed E-state index contributed by atoms with van der Waals surface area (Å²) in [7, 11) is -2.35. The van der Waals surface area contributed by atoms with Gasteiger partial charge in [-0.2, -0.15) is 0 Å². The molecule has 3 rings (SSSR count). The van der Waals surface area contributed by atoms with Crippen LogP contribution in [0.25, 0.3) is 0 Å². The second-order valence-electron chi connectivity index (χ2n) is 8.37. The van der Waals surface area contributed by atoms with E-state index in [-0.39, 0.29) is 5.69 Å². The number of anilines is 1. The molecule has 0 saturated carbocycles. The van der Waals surface area contributed by atoms with Crippen LogP contribution in [0.3, 0.4) is 0 Å². The van der Waals surface area contributed by atoms with Gasteiger partial charge in [-0.1, -0.05) is 42.3 Å². The van der Waals surface area contributed by atoms with Gasteiger partial charge in [-0.05, 0) is 62.2 Å². The van der Waals surface area contributed by atoms with Crippen molar-refractivity contribution in [1.29, 1.82) is 0 Å². The summed E-state index contributed by atoms with van der Waals surface area (Å²) >= 11 is 6.11. The topological polar surface area (TPSA) is 79.0 Å². The van der Waals surface area contributed by atoms with Gasteiger partial charge in [0.1, 0.15) is 11.8 Å². The Morgan fingerprint density at radius 3 is 2.45 bits per heavy atom. The van der Waals surface area contributed by atoms with Crippen LogP contribution < -0.4 is 14.4 Å². The van der Waals surface area contributed by atoms with Gasteiger partial charge < -0.3 is 10.1 Å². The lowest BCUT2D eigenvalue weighted by Gasteiger charge is -2.30. The van der Waals surface area contributed by atoms with Crippen molar-refractivity contribution in [2.24, 2.45) is 0 Å². The first-order valence-electron chi connectivity index (χ1n) is 11.1. The Labute approximate surface area is 201 Å². The average molecular weight is 494 g/mol. The number of amides is 1. The van der Waals surface area contributed by atoms with Crippen molar-refractivity contribution in [1.82, 2.24) is 10.2 Å². The van der Waals surface area contributed by atoms with Crippen LogP contribution in [0.4, 0.5) is 5.69 Å². The van der Waals surface area contributed by atoms with E-state index in [4.69, 9.17) is 16.3 Å². The number of carbonyl (C=O) groups excluding carboxylic acids is 1. The quantitative estimate of drug-likeness (QED) is 0.574. The molecule has 1 amide bonds. The average Bonchev–Trinajstić information content (AvgIpc) is 2.78. The van der Waals surface area contributed by atoms with E-state index in [0.29, 0.717) is 17.3 Å². The van der Waals surface area contributed by atoms with E-state index in [9.17, 15) is 13.2 Å². The number of carbonyl (C=O) groups is 1. The maximum absolute atomic E-state index is 13.1. The Kier molecular flexibility index (Phi) is 8.62. The molecule has 180 valence electrons. The lowest BCUT2D eigenvalue weighted by molar-refractivity contribution is -0.122. The molecule has 0 bridgehead atoms. The molecule has 1 N–H and O–H groups in total. The highest BCUT2D eigenvalue weighted by molar-refractivity contribution is 7.92. The zero-order valence-corrected chi connectivity index (χ0v) is 21.0. The number of nitrogens with one attached hydrogen (secondary N) is 1. The minimum absolute atomic E-state index is 0.223. The largest absolute Gasteiger partial charge is 0.495 e. The van der Waals surface area contributed by atoms with Gasteiger partial charge in [-0.3, -0.25) is 14.0 Å². The van der Waals surface area contributed by atoms with Crippen molar-refractivity contribution < 1.29 is 17.9 Å². The molecular weight excluding hydrogens is 462 g/mol. The molecule has 1 atom stereocenters. The van der Waals surface area contributed by atoms with Crippen molar-refractivity contribution in [3.63, 3.8) is 0 Å². The second-order valence-corrected chi connectivity index (χ2v) is 10.7. The fraction of sp³-hybridized carbons (Fsp3) is 0.458. The molecule has 0 aliphatic carbocycles. The van der Waals surface area contributed by atoms with Crippen molar-refractivity contribution in [2.75, 3.05) is 30.8 Å². The predicted octanol–water partition coefficient (Wildman–Crippen LogP) is 3.81. The lowest BCUT2D eigenvalue weighted by Crippen LogP contribution is -2.47. The first-order valence-corrected chi connectivity index (χ1v) is 13.3. The molecule has 0 radical (unpaired) electrons. The summed E-state index contributed by atoms with van der Waals surface area (Å²) in [6.45, 7) is 4.88. The van der Waals surface area contributed by atoms with Crippen LogP contribution in [0.15, 0.2) is 42.5 Å². The third-order valence-electron chi connectivity index (χ3n) is 5.88. The van der Waals surface area contributed by atoms with Crippen molar-refractivity contribution in [3.05, 3.63) is 58.6 Å². The van der Waals surface area contributed by atoms with Crippen molar-refractivity contribution in [3.8, 4) is 5.75 Å². The number of hydrogen-bond acceptors (Lipinski definition) is 5. The number of hydrogen-bond donors (Lipinski definition) is 1. The summed E-state index contributed by atoms with van der Waals surface area (Å²) in [5.74, 6) is -0.0911. The summed E-state index contributed by atoms with van der Waals surface area (Å²) in [6, 6.07) is 11.7. The number of nitrogens with zero attached hydrogens (tertiary/aromatic N) is 2. The van der Waals surface area contributed by atoms with Gasteiger partial charge in [0, 0.05) is 18.1 Å². The molecule has 1 aliphatic heterocycles. The van der Waals surface area contributed by atoms with Crippen LogP contribution in [0.1, 0.15) is 37.3 Å². The second kappa shape index (κ2) is 11.2. The molecule has 1 heterocycles. The standard InChI is InChI=1S/C24H32ClN3O4S/c1-18(28(33(3,30)31)22-15-21(25)11-12-23(22)32-2)24(29)26-16-19-9-5-6-10-20(19)17-27-13-7-4-8-14-27/h5-6,9-12,15,18H,4,7-8,13-14,16-17H2,1-3H3,(H,26,29)/t18-/m1/s1. The van der Waals surface area contributed by atoms with Crippen LogP contribution in [-0.2, 0) is 27.9 Å². The predicted molar refractivity (Wildman–Crippen MR) is 132 cm³/mol. The SMILES string of the molecule is COc1ccc(Cl)cc1N([C@H](C)C(=O)NCc1ccccc1CN1CCCCC1)S(C)(=O)=O. The minimum Gasteiger partial charge on any atom is -0.495 e. The van der Waals surface area contributed by atoms with Gasteiger partial charge in [-0.25, -0.2) is 8.42 Å². The Balaban J connectivity index is 1.76. The van der Waals surface area contributed by atoms with Crippen LogP contribution >= 0.6 is 11.6 Å². The number of halogens is 1.